The average Bonchev–Trinajstić information content (AvgIpc) is 1.59. The Morgan fingerprint density at radius 1 is 0.206 bits per heavy atom. The van der Waals surface area contributed by atoms with E-state index in [2.05, 4.69) is 286 Å². The summed E-state index contributed by atoms with van der Waals surface area (Å²) < 4.78 is 10.2. The Morgan fingerprint density at radius 2 is 0.553 bits per heavy atom. The van der Waals surface area contributed by atoms with Crippen LogP contribution in [-0.4, -0.2) is 73.5 Å². The van der Waals surface area contributed by atoms with Gasteiger partial charge in [0.2, 0.25) is 0 Å². The first-order valence-electron chi connectivity index (χ1n) is 44.9. The van der Waals surface area contributed by atoms with Crippen molar-refractivity contribution in [2.24, 2.45) is 0 Å². The van der Waals surface area contributed by atoms with Crippen molar-refractivity contribution >= 4 is 130 Å². The molecule has 141 heavy (non-hydrogen) atoms. The van der Waals surface area contributed by atoms with Crippen LogP contribution in [0, 0.1) is 36.4 Å². The van der Waals surface area contributed by atoms with Gasteiger partial charge in [0.25, 0.3) is 0 Å². The van der Waals surface area contributed by atoms with Gasteiger partial charge in [0.05, 0.1) is 45.0 Å². The molecule has 0 amide bonds. The minimum absolute atomic E-state index is 0. The molecule has 0 aliphatic heterocycles. The van der Waals surface area contributed by atoms with E-state index in [-0.39, 0.29) is 63.2 Å². The van der Waals surface area contributed by atoms with Gasteiger partial charge in [-0.3, -0.25) is 44.9 Å². The van der Waals surface area contributed by atoms with Crippen molar-refractivity contribution in [3.63, 3.8) is 0 Å². The summed E-state index contributed by atoms with van der Waals surface area (Å²) in [5.74, 6) is 0. The van der Waals surface area contributed by atoms with E-state index in [1.54, 1.807) is 46.4 Å². The normalized spacial score (nSPS) is 11.2. The standard InChI is InChI=1S/3C40H23N5S.3Pt/c1-4-19-41-33(10-1)26-8-7-9-30(22-26)45-37-18-15-27(34-11-2-5-20-42-34)23-32(37)31-16-13-29(24-38(31)45)40-44-36-17-14-28(25-39(36)46-40)35-12-3-6-21-43-35;1-3-13-36-29(9-1)30-18-16-27(40-44-35-12-2-4-14-39(35)46-40)24-37(30)45(36)38-23-26(15-19-31(38)34-11-6-8-22-42-34)33-20-17-28(25-43-33)32-10-5-7-21-41-32;1-2-13-39-36(12-1)44-40(46-39)28-14-17-31-32-23-27(33-10-3-5-20-41-33)16-19-37(32)45(38(31)24-28)30-9-7-8-26(22-30)35-18-15-29(25-43-35)34-11-4-6-21-42-34;;;/h1-21,23,25H;1-22,25H;1-21,23,25H;;;/q3*-2;3*+2. The van der Waals surface area contributed by atoms with Crippen LogP contribution < -0.4 is 0 Å². The molecule has 15 heterocycles. The number of hydrogen-bond acceptors (Lipinski definition) is 15. The molecule has 12 aromatic carbocycles. The summed E-state index contributed by atoms with van der Waals surface area (Å²) in [6.45, 7) is 0. The molecule has 0 fully saturated rings. The summed E-state index contributed by atoms with van der Waals surface area (Å²) in [7, 11) is 0. The zero-order valence-electron chi connectivity index (χ0n) is 74.2. The maximum Gasteiger partial charge on any atom is 2.00 e. The van der Waals surface area contributed by atoms with E-state index >= 15 is 0 Å². The third-order valence-electron chi connectivity index (χ3n) is 24.6. The van der Waals surface area contributed by atoms with Crippen LogP contribution in [0.5, 0.6) is 0 Å². The number of hydrogen-bond donors (Lipinski definition) is 0. The molecule has 0 bridgehead atoms. The van der Waals surface area contributed by atoms with E-state index < -0.39 is 0 Å². The fourth-order valence-electron chi connectivity index (χ4n) is 18.0. The Morgan fingerprint density at radius 3 is 0.993 bits per heavy atom. The quantitative estimate of drug-likeness (QED) is 0.0892. The topological polar surface area (TPSA) is 169 Å². The minimum Gasteiger partial charge on any atom is -0.346 e. The monoisotopic (exact) mass is 2400 g/mol. The van der Waals surface area contributed by atoms with Crippen LogP contribution in [-0.2, 0) is 63.2 Å². The molecule has 15 aromatic heterocycles. The van der Waals surface area contributed by atoms with Crippen molar-refractivity contribution < 1.29 is 63.2 Å². The molecule has 0 aliphatic carbocycles. The number of para-hydroxylation sites is 3. The van der Waals surface area contributed by atoms with Crippen LogP contribution in [0.1, 0.15) is 0 Å². The molecule has 0 unspecified atom stereocenters. The summed E-state index contributed by atoms with van der Waals surface area (Å²) in [5, 5.41) is 9.54. The summed E-state index contributed by atoms with van der Waals surface area (Å²) in [6, 6.07) is 146. The summed E-state index contributed by atoms with van der Waals surface area (Å²) in [4.78, 5) is 56.5. The molecule has 0 atom stereocenters. The van der Waals surface area contributed by atoms with Gasteiger partial charge in [-0.2, -0.15) is 34.0 Å². The zero-order chi connectivity index (χ0) is 91.4. The molecule has 0 N–H and O–H groups in total. The van der Waals surface area contributed by atoms with E-state index in [0.29, 0.717) is 0 Å². The Balaban J connectivity index is 0.000000120. The number of thiazole rings is 3. The second-order valence-corrected chi connectivity index (χ2v) is 36.1. The minimum atomic E-state index is 0. The van der Waals surface area contributed by atoms with Gasteiger partial charge < -0.3 is 28.7 Å². The van der Waals surface area contributed by atoms with E-state index in [1.807, 2.05) is 201 Å². The van der Waals surface area contributed by atoms with Gasteiger partial charge in [0.15, 0.2) is 0 Å². The first-order valence-corrected chi connectivity index (χ1v) is 47.4. The molecule has 27 aromatic rings. The van der Waals surface area contributed by atoms with E-state index in [1.165, 1.54) is 0 Å². The molecule has 672 valence electrons. The molecular formula is C120H69N15Pt3S3. The summed E-state index contributed by atoms with van der Waals surface area (Å²) in [6.07, 6.45) is 16.5. The zero-order valence-corrected chi connectivity index (χ0v) is 83.5. The Bertz CT molecular complexity index is 9210. The van der Waals surface area contributed by atoms with Crippen molar-refractivity contribution in [1.29, 1.82) is 0 Å². The van der Waals surface area contributed by atoms with Gasteiger partial charge in [-0.15, -0.1) is 155 Å². The van der Waals surface area contributed by atoms with Crippen LogP contribution in [0.3, 0.4) is 0 Å². The van der Waals surface area contributed by atoms with Gasteiger partial charge in [-0.25, -0.2) is 0 Å². The van der Waals surface area contributed by atoms with Crippen LogP contribution >= 0.6 is 34.0 Å². The number of pyridine rings is 9. The van der Waals surface area contributed by atoms with Gasteiger partial charge in [-0.05, 0) is 200 Å². The predicted octanol–water partition coefficient (Wildman–Crippen LogP) is 29.5. The number of fused-ring (bicyclic) bond motifs is 12. The smallest absolute Gasteiger partial charge is 0.346 e. The Kier molecular flexibility index (Phi) is 25.3. The van der Waals surface area contributed by atoms with Crippen LogP contribution in [0.25, 0.3) is 246 Å². The van der Waals surface area contributed by atoms with Crippen molar-refractivity contribution in [2.45, 2.75) is 0 Å². The predicted molar refractivity (Wildman–Crippen MR) is 560 cm³/mol. The molecular weight excluding hydrogens is 2330 g/mol. The molecule has 21 heteroatoms. The van der Waals surface area contributed by atoms with Gasteiger partial charge >= 0.3 is 63.2 Å². The first kappa shape index (κ1) is 90.3. The maximum atomic E-state index is 5.02. The van der Waals surface area contributed by atoms with Crippen molar-refractivity contribution in [1.82, 2.24) is 73.5 Å². The third-order valence-corrected chi connectivity index (χ3v) is 27.7. The Labute approximate surface area is 865 Å². The third kappa shape index (κ3) is 17.6. The van der Waals surface area contributed by atoms with E-state index in [0.717, 1.165) is 246 Å². The first-order chi connectivity index (χ1) is 68.4. The van der Waals surface area contributed by atoms with Crippen LogP contribution in [0.4, 0.5) is 0 Å². The average molecular weight is 2400 g/mol. The SMILES string of the molecule is [Pt+2].[Pt+2].[Pt+2].[c-]1c(-c2ccc(-c3ccccn3)cn2)ccc(-c2ccccn2)c1-n1c2[c-]c(-c3nc4ccccc4s3)ccc2c2ccccc21.[c-]1c(-c2ccc(-c3ccccn3)cn2)cccc1-n1c2[c-]c(-c3nc4ccccc4s3)ccc2c2cc(-c3ccccn3)ccc21.[c-]1c(-c2ccccn2)cccc1-n1c2[c-]c(-c3nc4ccc(-c5ccccn5)cc4s3)ccc2c2cc(-c3ccccn3)ccc21. The van der Waals surface area contributed by atoms with Gasteiger partial charge in [0, 0.05) is 135 Å². The molecule has 0 saturated carbocycles. The second kappa shape index (κ2) is 39.5. The van der Waals surface area contributed by atoms with Crippen LogP contribution in [0.2, 0.25) is 0 Å². The van der Waals surface area contributed by atoms with Gasteiger partial charge in [0.1, 0.15) is 0 Å². The second-order valence-electron chi connectivity index (χ2n) is 33.0. The number of nitrogens with zero attached hydrogens (tertiary/aromatic N) is 15. The summed E-state index contributed by atoms with van der Waals surface area (Å²) >= 11 is 5.04. The summed E-state index contributed by atoms with van der Waals surface area (Å²) in [5.41, 5.74) is 31.5. The number of aromatic nitrogens is 15. The van der Waals surface area contributed by atoms with Crippen molar-refractivity contribution in [3.05, 3.63) is 456 Å². The fourth-order valence-corrected chi connectivity index (χ4v) is 20.9. The van der Waals surface area contributed by atoms with E-state index in [4.69, 9.17) is 29.9 Å². The van der Waals surface area contributed by atoms with Crippen LogP contribution in [0.15, 0.2) is 420 Å². The molecule has 0 aliphatic rings. The molecule has 27 rings (SSSR count). The largest absolute Gasteiger partial charge is 2.00 e. The number of rotatable bonds is 15. The number of benzene rings is 12. The van der Waals surface area contributed by atoms with Crippen molar-refractivity contribution in [2.75, 3.05) is 0 Å². The maximum absolute atomic E-state index is 5.02. The Hall–Kier alpha value is -15.9. The molecule has 0 saturated heterocycles. The molecule has 0 spiro atoms. The molecule has 15 nitrogen and oxygen atoms in total. The molecule has 0 radical (unpaired) electrons. The fraction of sp³-hybridized carbons (Fsp3) is 0. The van der Waals surface area contributed by atoms with Crippen molar-refractivity contribution in [3.8, 4) is 150 Å². The van der Waals surface area contributed by atoms with Gasteiger partial charge in [-0.1, -0.05) is 167 Å². The van der Waals surface area contributed by atoms with E-state index in [9.17, 15) is 0 Å².